The lowest BCUT2D eigenvalue weighted by Gasteiger charge is -2.23. The van der Waals surface area contributed by atoms with Crippen LogP contribution in [-0.4, -0.2) is 42.0 Å². The molecule has 160 valence electrons. The Morgan fingerprint density at radius 2 is 2.06 bits per heavy atom. The van der Waals surface area contributed by atoms with Crippen molar-refractivity contribution in [3.05, 3.63) is 70.5 Å². The van der Waals surface area contributed by atoms with E-state index in [9.17, 15) is 9.59 Å². The maximum Gasteiger partial charge on any atom is 0.342 e. The van der Waals surface area contributed by atoms with Crippen molar-refractivity contribution in [1.82, 2.24) is 9.88 Å². The number of amides is 1. The normalized spacial score (nSPS) is 15.5. The van der Waals surface area contributed by atoms with Crippen LogP contribution in [0.15, 0.2) is 60.1 Å². The van der Waals surface area contributed by atoms with Gasteiger partial charge in [-0.15, -0.1) is 11.3 Å². The lowest BCUT2D eigenvalue weighted by Crippen LogP contribution is -2.34. The number of thiophene rings is 1. The Labute approximate surface area is 184 Å². The number of nitrogens with zero attached hydrogens (tertiary/aromatic N) is 2. The molecule has 8 heteroatoms. The molecule has 31 heavy (non-hydrogen) atoms. The molecule has 3 aromatic rings. The van der Waals surface area contributed by atoms with Crippen LogP contribution in [0.2, 0.25) is 0 Å². The van der Waals surface area contributed by atoms with Gasteiger partial charge in [-0.05, 0) is 48.6 Å². The number of benzene rings is 1. The fraction of sp³-hybridized carbons (Fsp3) is 0.261. The number of carbonyl (C=O) groups is 2. The first-order valence-electron chi connectivity index (χ1n) is 10.0. The Hall–Kier alpha value is -3.39. The maximum absolute atomic E-state index is 12.8. The van der Waals surface area contributed by atoms with Crippen LogP contribution in [0.4, 0.5) is 11.5 Å². The van der Waals surface area contributed by atoms with Gasteiger partial charge in [0.15, 0.2) is 6.61 Å². The van der Waals surface area contributed by atoms with Crippen molar-refractivity contribution in [2.75, 3.05) is 25.6 Å². The minimum absolute atomic E-state index is 0.0624. The number of esters is 1. The number of para-hydroxylation sites is 2. The Balaban J connectivity index is 1.43. The molecule has 0 spiro atoms. The Kier molecular flexibility index (Phi) is 6.47. The molecule has 1 amide bonds. The Morgan fingerprint density at radius 3 is 2.87 bits per heavy atom. The van der Waals surface area contributed by atoms with E-state index in [0.29, 0.717) is 23.8 Å². The van der Waals surface area contributed by atoms with E-state index in [1.165, 1.54) is 0 Å². The zero-order valence-electron chi connectivity index (χ0n) is 17.1. The van der Waals surface area contributed by atoms with Gasteiger partial charge in [0.2, 0.25) is 0 Å². The van der Waals surface area contributed by atoms with Crippen molar-refractivity contribution in [3.8, 4) is 5.75 Å². The number of ether oxygens (including phenoxy) is 2. The van der Waals surface area contributed by atoms with Gasteiger partial charge >= 0.3 is 5.97 Å². The molecule has 7 nitrogen and oxygen atoms in total. The number of carbonyl (C=O) groups excluding carboxylic acids is 2. The highest BCUT2D eigenvalue weighted by atomic mass is 32.1. The largest absolute Gasteiger partial charge is 0.495 e. The summed E-state index contributed by atoms with van der Waals surface area (Å²) in [5.74, 6) is 0.163. The van der Waals surface area contributed by atoms with Gasteiger partial charge in [-0.1, -0.05) is 18.2 Å². The average molecular weight is 438 g/mol. The number of aromatic nitrogens is 1. The van der Waals surface area contributed by atoms with Gasteiger partial charge in [0.25, 0.3) is 5.91 Å². The highest BCUT2D eigenvalue weighted by Crippen LogP contribution is 2.34. The second-order valence-electron chi connectivity index (χ2n) is 7.06. The van der Waals surface area contributed by atoms with Crippen LogP contribution in [0, 0.1) is 0 Å². The van der Waals surface area contributed by atoms with Gasteiger partial charge in [0, 0.05) is 17.6 Å². The fourth-order valence-electron chi connectivity index (χ4n) is 3.67. The summed E-state index contributed by atoms with van der Waals surface area (Å²) < 4.78 is 10.7. The van der Waals surface area contributed by atoms with Crippen LogP contribution in [0.1, 0.15) is 34.1 Å². The van der Waals surface area contributed by atoms with Gasteiger partial charge < -0.3 is 19.7 Å². The third-order valence-corrected chi connectivity index (χ3v) is 6.13. The van der Waals surface area contributed by atoms with Gasteiger partial charge in [0.1, 0.15) is 17.1 Å². The highest BCUT2D eigenvalue weighted by molar-refractivity contribution is 7.10. The number of likely N-dealkylation sites (tertiary alicyclic amines) is 1. The third kappa shape index (κ3) is 4.69. The molecule has 1 saturated heterocycles. The number of anilines is 2. The lowest BCUT2D eigenvalue weighted by atomic mass is 10.2. The van der Waals surface area contributed by atoms with Crippen molar-refractivity contribution in [3.63, 3.8) is 0 Å². The number of rotatable bonds is 7. The molecular weight excluding hydrogens is 414 g/mol. The summed E-state index contributed by atoms with van der Waals surface area (Å²) in [6.45, 7) is 0.371. The molecule has 1 N–H and O–H groups in total. The van der Waals surface area contributed by atoms with E-state index in [0.717, 1.165) is 17.7 Å². The molecule has 2 aromatic heterocycles. The molecule has 0 saturated carbocycles. The van der Waals surface area contributed by atoms with Crippen molar-refractivity contribution in [1.29, 1.82) is 0 Å². The minimum atomic E-state index is -0.606. The van der Waals surface area contributed by atoms with Crippen LogP contribution < -0.4 is 10.1 Å². The van der Waals surface area contributed by atoms with E-state index in [2.05, 4.69) is 10.3 Å². The number of pyridine rings is 1. The number of methoxy groups -OCH3 is 1. The van der Waals surface area contributed by atoms with Gasteiger partial charge in [-0.2, -0.15) is 0 Å². The molecule has 0 radical (unpaired) electrons. The van der Waals surface area contributed by atoms with E-state index >= 15 is 0 Å². The highest BCUT2D eigenvalue weighted by Gasteiger charge is 2.31. The van der Waals surface area contributed by atoms with Crippen LogP contribution in [-0.2, 0) is 9.53 Å². The molecule has 0 aliphatic carbocycles. The second kappa shape index (κ2) is 9.61. The molecular formula is C23H23N3O4S. The number of hydrogen-bond donors (Lipinski definition) is 1. The zero-order valence-corrected chi connectivity index (χ0v) is 17.9. The molecule has 1 unspecified atom stereocenters. The molecule has 1 aliphatic heterocycles. The fourth-order valence-corrected chi connectivity index (χ4v) is 4.55. The molecule has 3 heterocycles. The number of hydrogen-bond acceptors (Lipinski definition) is 7. The average Bonchev–Trinajstić information content (AvgIpc) is 3.50. The Bertz CT molecular complexity index is 1050. The summed E-state index contributed by atoms with van der Waals surface area (Å²) in [7, 11) is 1.57. The van der Waals surface area contributed by atoms with Gasteiger partial charge in [0.05, 0.1) is 18.8 Å². The summed E-state index contributed by atoms with van der Waals surface area (Å²) in [5.41, 5.74) is 0.919. The van der Waals surface area contributed by atoms with Crippen LogP contribution in [0.25, 0.3) is 0 Å². The quantitative estimate of drug-likeness (QED) is 0.551. The SMILES string of the molecule is COc1ccccc1Nc1ncccc1C(=O)OCC(=O)N1CCCC1c1cccs1. The lowest BCUT2D eigenvalue weighted by molar-refractivity contribution is -0.135. The molecule has 1 aromatic carbocycles. The van der Waals surface area contributed by atoms with E-state index in [1.807, 2.05) is 41.8 Å². The predicted molar refractivity (Wildman–Crippen MR) is 119 cm³/mol. The first-order valence-corrected chi connectivity index (χ1v) is 10.9. The summed E-state index contributed by atoms with van der Waals surface area (Å²) in [4.78, 5) is 32.7. The van der Waals surface area contributed by atoms with E-state index in [1.54, 1.807) is 41.7 Å². The van der Waals surface area contributed by atoms with E-state index in [-0.39, 0.29) is 24.1 Å². The molecule has 1 fully saturated rings. The number of nitrogens with one attached hydrogen (secondary N) is 1. The minimum Gasteiger partial charge on any atom is -0.495 e. The van der Waals surface area contributed by atoms with Crippen molar-refractivity contribution in [2.45, 2.75) is 18.9 Å². The van der Waals surface area contributed by atoms with Crippen LogP contribution in [0.5, 0.6) is 5.75 Å². The van der Waals surface area contributed by atoms with Crippen molar-refractivity contribution < 1.29 is 19.1 Å². The summed E-state index contributed by atoms with van der Waals surface area (Å²) in [5, 5.41) is 5.12. The molecule has 0 bridgehead atoms. The van der Waals surface area contributed by atoms with E-state index < -0.39 is 5.97 Å². The summed E-state index contributed by atoms with van der Waals surface area (Å²) in [6.07, 6.45) is 3.45. The summed E-state index contributed by atoms with van der Waals surface area (Å²) in [6, 6.07) is 14.7. The molecule has 1 atom stereocenters. The monoisotopic (exact) mass is 437 g/mol. The molecule has 1 aliphatic rings. The standard InChI is InChI=1S/C23H23N3O4S/c1-29-19-10-3-2-8-17(19)25-22-16(7-4-12-24-22)23(28)30-15-21(27)26-13-5-9-18(26)20-11-6-14-31-20/h2-4,6-8,10-12,14,18H,5,9,13,15H2,1H3,(H,24,25). The second-order valence-corrected chi connectivity index (χ2v) is 8.04. The smallest absolute Gasteiger partial charge is 0.342 e. The van der Waals surface area contributed by atoms with Crippen molar-refractivity contribution in [2.24, 2.45) is 0 Å². The van der Waals surface area contributed by atoms with Crippen LogP contribution >= 0.6 is 11.3 Å². The van der Waals surface area contributed by atoms with Gasteiger partial charge in [-0.3, -0.25) is 4.79 Å². The van der Waals surface area contributed by atoms with Gasteiger partial charge in [-0.25, -0.2) is 9.78 Å². The van der Waals surface area contributed by atoms with Crippen LogP contribution in [0.3, 0.4) is 0 Å². The first kappa shape index (κ1) is 20.9. The Morgan fingerprint density at radius 1 is 1.19 bits per heavy atom. The van der Waals surface area contributed by atoms with Crippen molar-refractivity contribution >= 4 is 34.7 Å². The third-order valence-electron chi connectivity index (χ3n) is 5.16. The predicted octanol–water partition coefficient (Wildman–Crippen LogP) is 4.42. The summed E-state index contributed by atoms with van der Waals surface area (Å²) >= 11 is 1.64. The van der Waals surface area contributed by atoms with E-state index in [4.69, 9.17) is 9.47 Å². The maximum atomic E-state index is 12.8. The topological polar surface area (TPSA) is 80.8 Å². The molecule has 4 rings (SSSR count). The zero-order chi connectivity index (χ0) is 21.6. The first-order chi connectivity index (χ1) is 15.2.